The monoisotopic (exact) mass is 328 g/mol. The molecule has 0 radical (unpaired) electrons. The van der Waals surface area contributed by atoms with E-state index in [1.807, 2.05) is 0 Å². The highest BCUT2D eigenvalue weighted by Crippen LogP contribution is 2.09. The van der Waals surface area contributed by atoms with Gasteiger partial charge in [-0.05, 0) is 23.2 Å². The van der Waals surface area contributed by atoms with E-state index in [1.54, 1.807) is 0 Å². The van der Waals surface area contributed by atoms with Gasteiger partial charge < -0.3 is 9.47 Å². The summed E-state index contributed by atoms with van der Waals surface area (Å²) >= 11 is 0. The van der Waals surface area contributed by atoms with Crippen LogP contribution in [-0.2, 0) is 9.47 Å². The van der Waals surface area contributed by atoms with Crippen molar-refractivity contribution in [2.45, 2.75) is 26.7 Å². The minimum atomic E-state index is -2.07. The van der Waals surface area contributed by atoms with Gasteiger partial charge in [-0.3, -0.25) is 0 Å². The van der Waals surface area contributed by atoms with Crippen molar-refractivity contribution in [1.82, 2.24) is 0 Å². The van der Waals surface area contributed by atoms with E-state index >= 15 is 0 Å². The summed E-state index contributed by atoms with van der Waals surface area (Å²) in [4.78, 5) is 0. The van der Waals surface area contributed by atoms with Crippen LogP contribution in [0.2, 0.25) is 0 Å². The van der Waals surface area contributed by atoms with E-state index in [9.17, 15) is 0 Å². The van der Waals surface area contributed by atoms with E-state index in [4.69, 9.17) is 9.47 Å². The van der Waals surface area contributed by atoms with Crippen LogP contribution in [0.15, 0.2) is 60.7 Å². The number of benzene rings is 2. The predicted molar refractivity (Wildman–Crippen MR) is 100 cm³/mol. The molecular formula is C20H28O2Si. The maximum Gasteiger partial charge on any atom is 0.171 e. The van der Waals surface area contributed by atoms with Crippen molar-refractivity contribution < 1.29 is 9.47 Å². The topological polar surface area (TPSA) is 18.5 Å². The van der Waals surface area contributed by atoms with Crippen LogP contribution in [0.4, 0.5) is 0 Å². The van der Waals surface area contributed by atoms with Crippen LogP contribution in [0, 0.1) is 0 Å². The first-order chi connectivity index (χ1) is 11.3. The van der Waals surface area contributed by atoms with Gasteiger partial charge in [0.05, 0.1) is 12.5 Å². The second-order valence-corrected chi connectivity index (χ2v) is 9.82. The smallest absolute Gasteiger partial charge is 0.171 e. The first-order valence-electron chi connectivity index (χ1n) is 8.60. The van der Waals surface area contributed by atoms with Crippen molar-refractivity contribution in [2.75, 3.05) is 25.7 Å². The Balaban J connectivity index is 2.39. The molecule has 0 aliphatic carbocycles. The van der Waals surface area contributed by atoms with Gasteiger partial charge >= 0.3 is 0 Å². The largest absolute Gasteiger partial charge is 0.384 e. The zero-order valence-corrected chi connectivity index (χ0v) is 15.3. The number of hydrogen-bond acceptors (Lipinski definition) is 2. The first kappa shape index (κ1) is 17.9. The highest BCUT2D eigenvalue weighted by Gasteiger charge is 2.38. The lowest BCUT2D eigenvalue weighted by atomic mass is 10.4. The highest BCUT2D eigenvalue weighted by molar-refractivity contribution is 7.02. The van der Waals surface area contributed by atoms with E-state index in [1.165, 1.54) is 10.4 Å². The predicted octanol–water partition coefficient (Wildman–Crippen LogP) is 3.18. The summed E-state index contributed by atoms with van der Waals surface area (Å²) in [6.45, 7) is 5.92. The maximum absolute atomic E-state index is 6.07. The summed E-state index contributed by atoms with van der Waals surface area (Å²) in [5.74, 6) is 0. The third-order valence-corrected chi connectivity index (χ3v) is 8.32. The number of ether oxygens (including phenoxy) is 2. The van der Waals surface area contributed by atoms with Crippen LogP contribution in [0.1, 0.15) is 26.7 Å². The molecule has 124 valence electrons. The van der Waals surface area contributed by atoms with Crippen LogP contribution in [-0.4, -0.2) is 33.7 Å². The van der Waals surface area contributed by atoms with E-state index in [0.29, 0.717) is 0 Å². The molecule has 0 aliphatic heterocycles. The molecule has 0 spiro atoms. The standard InChI is InChI=1S/C20H28O2Si/c1-3-15-21-17-23(18-22-16-4-2,19-11-7-5-8-12-19)20-13-9-6-10-14-20/h5-14H,3-4,15-18H2,1-2H3. The Labute approximate surface area is 141 Å². The molecule has 0 fully saturated rings. The van der Waals surface area contributed by atoms with Crippen molar-refractivity contribution in [3.8, 4) is 0 Å². The lowest BCUT2D eigenvalue weighted by Crippen LogP contribution is -2.65. The fourth-order valence-corrected chi connectivity index (χ4v) is 6.57. The summed E-state index contributed by atoms with van der Waals surface area (Å²) in [6, 6.07) is 21.6. The van der Waals surface area contributed by atoms with Gasteiger partial charge in [-0.2, -0.15) is 0 Å². The second kappa shape index (κ2) is 9.66. The van der Waals surface area contributed by atoms with Crippen molar-refractivity contribution >= 4 is 18.4 Å². The molecule has 0 aromatic heterocycles. The summed E-state index contributed by atoms with van der Waals surface area (Å²) in [5, 5.41) is 2.77. The van der Waals surface area contributed by atoms with E-state index in [0.717, 1.165) is 38.5 Å². The Kier molecular flexibility index (Phi) is 7.53. The van der Waals surface area contributed by atoms with E-state index < -0.39 is 8.07 Å². The average Bonchev–Trinajstić information content (AvgIpc) is 2.62. The molecule has 0 atom stereocenters. The van der Waals surface area contributed by atoms with Crippen LogP contribution in [0.25, 0.3) is 0 Å². The third-order valence-electron chi connectivity index (χ3n) is 4.05. The molecule has 0 N–H and O–H groups in total. The van der Waals surface area contributed by atoms with Crippen LogP contribution >= 0.6 is 0 Å². The molecule has 0 amide bonds. The summed E-state index contributed by atoms with van der Waals surface area (Å²) < 4.78 is 12.1. The van der Waals surface area contributed by atoms with Gasteiger partial charge in [-0.1, -0.05) is 74.5 Å². The molecule has 0 saturated carbocycles. The lowest BCUT2D eigenvalue weighted by molar-refractivity contribution is 0.152. The fourth-order valence-electron chi connectivity index (χ4n) is 2.84. The minimum Gasteiger partial charge on any atom is -0.384 e. The lowest BCUT2D eigenvalue weighted by Gasteiger charge is -2.32. The summed E-state index contributed by atoms with van der Waals surface area (Å²) in [7, 11) is -2.07. The summed E-state index contributed by atoms with van der Waals surface area (Å²) in [6.07, 6.45) is 3.64. The van der Waals surface area contributed by atoms with Gasteiger partial charge in [0.25, 0.3) is 0 Å². The Morgan fingerprint density at radius 1 is 0.652 bits per heavy atom. The van der Waals surface area contributed by atoms with Crippen LogP contribution < -0.4 is 10.4 Å². The van der Waals surface area contributed by atoms with Gasteiger partial charge in [0, 0.05) is 13.2 Å². The molecule has 0 unspecified atom stereocenters. The highest BCUT2D eigenvalue weighted by atomic mass is 28.3. The maximum atomic E-state index is 6.07. The number of hydrogen-bond donors (Lipinski definition) is 0. The molecule has 0 saturated heterocycles. The van der Waals surface area contributed by atoms with Gasteiger partial charge in [-0.15, -0.1) is 0 Å². The minimum absolute atomic E-state index is 0.776. The SMILES string of the molecule is CCCOC[Si](COCCC)(c1ccccc1)c1ccccc1. The molecule has 23 heavy (non-hydrogen) atoms. The van der Waals surface area contributed by atoms with Gasteiger partial charge in [0.2, 0.25) is 0 Å². The van der Waals surface area contributed by atoms with E-state index in [-0.39, 0.29) is 0 Å². The van der Waals surface area contributed by atoms with Gasteiger partial charge in [0.15, 0.2) is 8.07 Å². The third kappa shape index (κ3) is 4.77. The number of rotatable bonds is 10. The quantitative estimate of drug-likeness (QED) is 0.493. The Morgan fingerprint density at radius 3 is 1.39 bits per heavy atom. The molecule has 2 aromatic carbocycles. The molecule has 3 heteroatoms. The Hall–Kier alpha value is -1.42. The van der Waals surface area contributed by atoms with Crippen LogP contribution in [0.5, 0.6) is 0 Å². The van der Waals surface area contributed by atoms with E-state index in [2.05, 4.69) is 74.5 Å². The van der Waals surface area contributed by atoms with Crippen molar-refractivity contribution in [3.63, 3.8) is 0 Å². The zero-order valence-electron chi connectivity index (χ0n) is 14.3. The zero-order chi connectivity index (χ0) is 16.4. The molecule has 0 aliphatic rings. The average molecular weight is 329 g/mol. The first-order valence-corrected chi connectivity index (χ1v) is 11.0. The molecule has 0 heterocycles. The Bertz CT molecular complexity index is 491. The second-order valence-electron chi connectivity index (χ2n) is 5.92. The Morgan fingerprint density at radius 2 is 1.04 bits per heavy atom. The molecule has 2 aromatic rings. The normalized spacial score (nSPS) is 11.6. The van der Waals surface area contributed by atoms with Gasteiger partial charge in [0.1, 0.15) is 0 Å². The van der Waals surface area contributed by atoms with Gasteiger partial charge in [-0.25, -0.2) is 0 Å². The molecule has 2 rings (SSSR count). The molecular weight excluding hydrogens is 300 g/mol. The molecule has 2 nitrogen and oxygen atoms in total. The fraction of sp³-hybridized carbons (Fsp3) is 0.400. The van der Waals surface area contributed by atoms with Crippen molar-refractivity contribution in [1.29, 1.82) is 0 Å². The molecule has 0 bridgehead atoms. The van der Waals surface area contributed by atoms with Crippen molar-refractivity contribution in [2.24, 2.45) is 0 Å². The van der Waals surface area contributed by atoms with Crippen LogP contribution in [0.3, 0.4) is 0 Å². The summed E-state index contributed by atoms with van der Waals surface area (Å²) in [5.41, 5.74) is 0. The van der Waals surface area contributed by atoms with Crippen molar-refractivity contribution in [3.05, 3.63) is 60.7 Å².